The SMILES string of the molecule is CCOC(C)(C)CNC(C)C(=O)NC1CCCC1. The van der Waals surface area contributed by atoms with Crippen LogP contribution in [0.3, 0.4) is 0 Å². The van der Waals surface area contributed by atoms with Gasteiger partial charge in [-0.15, -0.1) is 0 Å². The maximum absolute atomic E-state index is 12.0. The Hall–Kier alpha value is -0.610. The van der Waals surface area contributed by atoms with Crippen molar-refractivity contribution in [3.63, 3.8) is 0 Å². The van der Waals surface area contributed by atoms with Crippen LogP contribution in [0.1, 0.15) is 53.4 Å². The average Bonchev–Trinajstić information content (AvgIpc) is 2.78. The highest BCUT2D eigenvalue weighted by Crippen LogP contribution is 2.17. The van der Waals surface area contributed by atoms with E-state index < -0.39 is 0 Å². The molecule has 0 spiro atoms. The Labute approximate surface area is 111 Å². The average molecular weight is 256 g/mol. The Bertz CT molecular complexity index is 261. The molecule has 1 aliphatic rings. The summed E-state index contributed by atoms with van der Waals surface area (Å²) in [5.41, 5.74) is -0.226. The van der Waals surface area contributed by atoms with Gasteiger partial charge in [0, 0.05) is 19.2 Å². The minimum Gasteiger partial charge on any atom is -0.375 e. The van der Waals surface area contributed by atoms with E-state index in [1.54, 1.807) is 0 Å². The topological polar surface area (TPSA) is 50.4 Å². The lowest BCUT2D eigenvalue weighted by Gasteiger charge is -2.27. The summed E-state index contributed by atoms with van der Waals surface area (Å²) in [5.74, 6) is 0.106. The molecule has 0 saturated heterocycles. The van der Waals surface area contributed by atoms with Gasteiger partial charge in [0.1, 0.15) is 0 Å². The number of amides is 1. The van der Waals surface area contributed by atoms with Crippen molar-refractivity contribution in [1.82, 2.24) is 10.6 Å². The van der Waals surface area contributed by atoms with Crippen LogP contribution in [0, 0.1) is 0 Å². The van der Waals surface area contributed by atoms with Gasteiger partial charge in [-0.25, -0.2) is 0 Å². The second kappa shape index (κ2) is 7.10. The fraction of sp³-hybridized carbons (Fsp3) is 0.929. The predicted octanol–water partition coefficient (Wildman–Crippen LogP) is 1.84. The van der Waals surface area contributed by atoms with Crippen molar-refractivity contribution >= 4 is 5.91 Å². The minimum absolute atomic E-state index is 0.106. The van der Waals surface area contributed by atoms with Crippen LogP contribution in [0.2, 0.25) is 0 Å². The smallest absolute Gasteiger partial charge is 0.237 e. The Kier molecular flexibility index (Phi) is 6.09. The van der Waals surface area contributed by atoms with E-state index in [4.69, 9.17) is 4.74 Å². The van der Waals surface area contributed by atoms with Crippen molar-refractivity contribution in [2.45, 2.75) is 71.1 Å². The number of nitrogens with one attached hydrogen (secondary N) is 2. The fourth-order valence-electron chi connectivity index (χ4n) is 2.33. The summed E-state index contributed by atoms with van der Waals surface area (Å²) in [6.45, 7) is 9.33. The fourth-order valence-corrected chi connectivity index (χ4v) is 2.33. The number of carbonyl (C=O) groups is 1. The normalized spacial score (nSPS) is 18.9. The molecule has 1 fully saturated rings. The summed E-state index contributed by atoms with van der Waals surface area (Å²) >= 11 is 0. The number of ether oxygens (including phenoxy) is 1. The largest absolute Gasteiger partial charge is 0.375 e. The van der Waals surface area contributed by atoms with E-state index in [2.05, 4.69) is 10.6 Å². The summed E-state index contributed by atoms with van der Waals surface area (Å²) in [7, 11) is 0. The molecule has 0 bridgehead atoms. The Morgan fingerprint density at radius 3 is 2.56 bits per heavy atom. The Morgan fingerprint density at radius 1 is 1.39 bits per heavy atom. The zero-order chi connectivity index (χ0) is 13.6. The second-order valence-corrected chi connectivity index (χ2v) is 5.79. The van der Waals surface area contributed by atoms with Crippen LogP contribution in [-0.4, -0.2) is 36.7 Å². The molecule has 2 N–H and O–H groups in total. The molecule has 0 radical (unpaired) electrons. The molecule has 0 aromatic rings. The third-order valence-electron chi connectivity index (χ3n) is 3.46. The van der Waals surface area contributed by atoms with Gasteiger partial charge in [-0.05, 0) is 40.5 Å². The summed E-state index contributed by atoms with van der Waals surface area (Å²) in [6.07, 6.45) is 4.74. The van der Waals surface area contributed by atoms with Crippen molar-refractivity contribution < 1.29 is 9.53 Å². The molecule has 1 rings (SSSR count). The van der Waals surface area contributed by atoms with Gasteiger partial charge in [-0.3, -0.25) is 4.79 Å². The maximum Gasteiger partial charge on any atom is 0.237 e. The Morgan fingerprint density at radius 2 is 2.00 bits per heavy atom. The zero-order valence-electron chi connectivity index (χ0n) is 12.2. The molecule has 0 aromatic carbocycles. The van der Waals surface area contributed by atoms with Crippen LogP contribution in [0.4, 0.5) is 0 Å². The summed E-state index contributed by atoms with van der Waals surface area (Å²) < 4.78 is 5.60. The van der Waals surface area contributed by atoms with Crippen LogP contribution in [0.15, 0.2) is 0 Å². The molecule has 1 saturated carbocycles. The van der Waals surface area contributed by atoms with E-state index in [-0.39, 0.29) is 17.6 Å². The molecule has 1 amide bonds. The standard InChI is InChI=1S/C14H28N2O2/c1-5-18-14(3,4)10-15-11(2)13(17)16-12-8-6-7-9-12/h11-12,15H,5-10H2,1-4H3,(H,16,17). The zero-order valence-corrected chi connectivity index (χ0v) is 12.2. The molecule has 1 aliphatic carbocycles. The lowest BCUT2D eigenvalue weighted by molar-refractivity contribution is -0.123. The summed E-state index contributed by atoms with van der Waals surface area (Å²) in [4.78, 5) is 12.0. The third kappa shape index (κ3) is 5.36. The van der Waals surface area contributed by atoms with E-state index in [1.807, 2.05) is 27.7 Å². The van der Waals surface area contributed by atoms with Crippen molar-refractivity contribution in [3.05, 3.63) is 0 Å². The molecule has 4 nitrogen and oxygen atoms in total. The highest BCUT2D eigenvalue weighted by molar-refractivity contribution is 5.81. The summed E-state index contributed by atoms with van der Waals surface area (Å²) in [6, 6.07) is 0.229. The molecular formula is C14H28N2O2. The van der Waals surface area contributed by atoms with Crippen LogP contribution in [0.5, 0.6) is 0 Å². The first-order valence-electron chi connectivity index (χ1n) is 7.12. The first-order valence-corrected chi connectivity index (χ1v) is 7.12. The number of rotatable bonds is 7. The number of hydrogen-bond donors (Lipinski definition) is 2. The van der Waals surface area contributed by atoms with E-state index in [0.717, 1.165) is 12.8 Å². The van der Waals surface area contributed by atoms with Crippen molar-refractivity contribution in [2.75, 3.05) is 13.2 Å². The van der Waals surface area contributed by atoms with Gasteiger partial charge in [0.05, 0.1) is 11.6 Å². The van der Waals surface area contributed by atoms with E-state index in [9.17, 15) is 4.79 Å². The molecule has 0 heterocycles. The number of carbonyl (C=O) groups excluding carboxylic acids is 1. The van der Waals surface area contributed by atoms with Gasteiger partial charge >= 0.3 is 0 Å². The van der Waals surface area contributed by atoms with Crippen LogP contribution in [-0.2, 0) is 9.53 Å². The van der Waals surface area contributed by atoms with E-state index in [0.29, 0.717) is 19.2 Å². The van der Waals surface area contributed by atoms with Gasteiger partial charge in [0.25, 0.3) is 0 Å². The molecule has 18 heavy (non-hydrogen) atoms. The van der Waals surface area contributed by atoms with Crippen LogP contribution in [0.25, 0.3) is 0 Å². The second-order valence-electron chi connectivity index (χ2n) is 5.79. The van der Waals surface area contributed by atoms with Crippen molar-refractivity contribution in [2.24, 2.45) is 0 Å². The quantitative estimate of drug-likeness (QED) is 0.731. The molecule has 1 atom stereocenters. The first-order chi connectivity index (χ1) is 8.44. The highest BCUT2D eigenvalue weighted by Gasteiger charge is 2.23. The predicted molar refractivity (Wildman–Crippen MR) is 73.6 cm³/mol. The summed E-state index contributed by atoms with van der Waals surface area (Å²) in [5, 5.41) is 6.35. The molecule has 4 heteroatoms. The highest BCUT2D eigenvalue weighted by atomic mass is 16.5. The van der Waals surface area contributed by atoms with Crippen molar-refractivity contribution in [3.8, 4) is 0 Å². The maximum atomic E-state index is 12.0. The molecule has 106 valence electrons. The van der Waals surface area contributed by atoms with Gasteiger partial charge in [-0.1, -0.05) is 12.8 Å². The van der Waals surface area contributed by atoms with Gasteiger partial charge < -0.3 is 15.4 Å². The molecule has 1 unspecified atom stereocenters. The lowest BCUT2D eigenvalue weighted by atomic mass is 10.1. The van der Waals surface area contributed by atoms with Gasteiger partial charge in [0.2, 0.25) is 5.91 Å². The van der Waals surface area contributed by atoms with Crippen molar-refractivity contribution in [1.29, 1.82) is 0 Å². The van der Waals surface area contributed by atoms with Gasteiger partial charge in [-0.2, -0.15) is 0 Å². The number of hydrogen-bond acceptors (Lipinski definition) is 3. The molecular weight excluding hydrogens is 228 g/mol. The van der Waals surface area contributed by atoms with E-state index in [1.165, 1.54) is 12.8 Å². The molecule has 0 aliphatic heterocycles. The van der Waals surface area contributed by atoms with Gasteiger partial charge in [0.15, 0.2) is 0 Å². The Balaban J connectivity index is 2.26. The van der Waals surface area contributed by atoms with Crippen LogP contribution < -0.4 is 10.6 Å². The monoisotopic (exact) mass is 256 g/mol. The van der Waals surface area contributed by atoms with Crippen LogP contribution >= 0.6 is 0 Å². The van der Waals surface area contributed by atoms with E-state index >= 15 is 0 Å². The lowest BCUT2D eigenvalue weighted by Crippen LogP contribution is -2.49. The minimum atomic E-state index is -0.226. The first kappa shape index (κ1) is 15.4. The molecule has 0 aromatic heterocycles. The third-order valence-corrected chi connectivity index (χ3v) is 3.46.